The van der Waals surface area contributed by atoms with Gasteiger partial charge in [0.2, 0.25) is 0 Å². The number of alkyl halides is 3. The van der Waals surface area contributed by atoms with Crippen LogP contribution in [0.3, 0.4) is 0 Å². The van der Waals surface area contributed by atoms with Crippen LogP contribution in [0.5, 0.6) is 0 Å². The molecule has 1 fully saturated rings. The highest BCUT2D eigenvalue weighted by molar-refractivity contribution is 7.87. The number of rotatable bonds is 7. The van der Waals surface area contributed by atoms with E-state index >= 15 is 0 Å². The number of hydrogen-bond acceptors (Lipinski definition) is 7. The first-order valence-electron chi connectivity index (χ1n) is 8.20. The van der Waals surface area contributed by atoms with Gasteiger partial charge < -0.3 is 18.4 Å². The Morgan fingerprint density at radius 2 is 1.89 bits per heavy atom. The van der Waals surface area contributed by atoms with Crippen LogP contribution in [0.1, 0.15) is 6.42 Å². The molecule has 11 heteroatoms. The van der Waals surface area contributed by atoms with E-state index in [-0.39, 0.29) is 36.7 Å². The number of carbonyl (C=O) groups excluding carboxylic acids is 1. The van der Waals surface area contributed by atoms with Gasteiger partial charge in [-0.05, 0) is 24.2 Å². The van der Waals surface area contributed by atoms with Crippen molar-refractivity contribution in [2.24, 2.45) is 29.6 Å². The molecule has 0 radical (unpaired) electrons. The highest BCUT2D eigenvalue weighted by atomic mass is 32.2. The lowest BCUT2D eigenvalue weighted by molar-refractivity contribution is -0.137. The quantitative estimate of drug-likeness (QED) is 0.158. The molecule has 5 atom stereocenters. The Bertz CT molecular complexity index is 771. The topological polar surface area (TPSA) is 88.1 Å². The molecule has 0 unspecified atom stereocenters. The summed E-state index contributed by atoms with van der Waals surface area (Å²) in [4.78, 5) is 12.3. The number of fused-ring (bicyclic) bond motifs is 5. The predicted molar refractivity (Wildman–Crippen MR) is 84.1 cm³/mol. The zero-order valence-corrected chi connectivity index (χ0v) is 15.4. The summed E-state index contributed by atoms with van der Waals surface area (Å²) in [6.07, 6.45) is 4.41. The molecule has 3 rings (SSSR count). The van der Waals surface area contributed by atoms with Crippen molar-refractivity contribution in [2.75, 3.05) is 27.6 Å². The summed E-state index contributed by atoms with van der Waals surface area (Å²) in [5, 5.41) is 0. The Kier molecular flexibility index (Phi) is 5.30. The van der Waals surface area contributed by atoms with Gasteiger partial charge in [-0.15, -0.1) is 0 Å². The Labute approximate surface area is 154 Å². The van der Waals surface area contributed by atoms with E-state index in [9.17, 15) is 26.4 Å². The lowest BCUT2D eigenvalue weighted by Gasteiger charge is -2.27. The zero-order chi connectivity index (χ0) is 20.0. The average Bonchev–Trinajstić information content (AvgIpc) is 3.26. The van der Waals surface area contributed by atoms with Crippen molar-refractivity contribution in [3.8, 4) is 0 Å². The van der Waals surface area contributed by atoms with Gasteiger partial charge in [0, 0.05) is 18.9 Å². The van der Waals surface area contributed by atoms with Gasteiger partial charge in [-0.3, -0.25) is 0 Å². The molecule has 0 spiro atoms. The number of halogens is 3. The first-order valence-corrected chi connectivity index (χ1v) is 9.61. The van der Waals surface area contributed by atoms with Crippen LogP contribution >= 0.6 is 0 Å². The fraction of sp³-hybridized carbons (Fsp3) is 0.688. The highest BCUT2D eigenvalue weighted by Gasteiger charge is 2.60. The number of hydrogen-bond donors (Lipinski definition) is 0. The summed E-state index contributed by atoms with van der Waals surface area (Å²) >= 11 is 0. The fourth-order valence-electron chi connectivity index (χ4n) is 4.41. The van der Waals surface area contributed by atoms with Crippen LogP contribution in [0, 0.1) is 29.6 Å². The van der Waals surface area contributed by atoms with E-state index in [4.69, 9.17) is 14.2 Å². The van der Waals surface area contributed by atoms with Gasteiger partial charge in [0.1, 0.15) is 12.6 Å². The lowest BCUT2D eigenvalue weighted by atomic mass is 9.79. The maximum absolute atomic E-state index is 12.9. The number of esters is 1. The molecule has 27 heavy (non-hydrogen) atoms. The number of methoxy groups -OCH3 is 2. The second kappa shape index (κ2) is 7.10. The van der Waals surface area contributed by atoms with Gasteiger partial charge in [0.15, 0.2) is 0 Å². The standard InChI is InChI=1S/C16H19F3O7S/c1-23-7-25-6-10-11-8-3-4-9(5-8)12(11)14(13(10)15(20)24-2)26-27(21,22)16(17,18)19/h3-4,8-12H,5-7H2,1-2H3/t8-,9+,10+,11+,12+/m0/s1. The molecule has 0 amide bonds. The molecular weight excluding hydrogens is 393 g/mol. The third-order valence-corrected chi connectivity index (χ3v) is 6.28. The molecule has 3 aliphatic carbocycles. The molecule has 0 N–H and O–H groups in total. The van der Waals surface area contributed by atoms with E-state index in [2.05, 4.69) is 4.18 Å². The van der Waals surface area contributed by atoms with Crippen LogP contribution in [0.4, 0.5) is 13.2 Å². The Morgan fingerprint density at radius 1 is 1.22 bits per heavy atom. The van der Waals surface area contributed by atoms with Crippen LogP contribution in [0.15, 0.2) is 23.5 Å². The van der Waals surface area contributed by atoms with Gasteiger partial charge in [0.05, 0.1) is 19.3 Å². The maximum Gasteiger partial charge on any atom is 0.534 e. The van der Waals surface area contributed by atoms with E-state index in [1.807, 2.05) is 12.2 Å². The highest BCUT2D eigenvalue weighted by Crippen LogP contribution is 2.60. The van der Waals surface area contributed by atoms with E-state index in [1.165, 1.54) is 7.11 Å². The molecule has 0 heterocycles. The SMILES string of the molecule is COCOC[C@H]1C(C(=O)OC)=C(OS(=O)(=O)C(F)(F)F)[C@H]2[C@@H]1[C@H]1C=C[C@@H]2C1. The zero-order valence-electron chi connectivity index (χ0n) is 14.6. The van der Waals surface area contributed by atoms with Crippen LogP contribution in [-0.2, 0) is 33.3 Å². The molecule has 0 aromatic heterocycles. The molecule has 0 aromatic carbocycles. The third kappa shape index (κ3) is 3.36. The van der Waals surface area contributed by atoms with Gasteiger partial charge in [0.25, 0.3) is 0 Å². The van der Waals surface area contributed by atoms with Gasteiger partial charge in [-0.2, -0.15) is 21.6 Å². The first kappa shape index (κ1) is 20.2. The minimum absolute atomic E-state index is 0.00880. The third-order valence-electron chi connectivity index (χ3n) is 5.31. The molecular formula is C16H19F3O7S. The molecule has 2 bridgehead atoms. The molecule has 0 aromatic rings. The second-order valence-electron chi connectivity index (χ2n) is 6.69. The van der Waals surface area contributed by atoms with Crippen molar-refractivity contribution in [1.29, 1.82) is 0 Å². The summed E-state index contributed by atoms with van der Waals surface area (Å²) in [7, 11) is -3.44. The number of carbonyl (C=O) groups is 1. The molecule has 7 nitrogen and oxygen atoms in total. The number of allylic oxidation sites excluding steroid dienone is 3. The molecule has 0 aliphatic heterocycles. The normalized spacial score (nSPS) is 32.1. The molecule has 1 saturated carbocycles. The van der Waals surface area contributed by atoms with Crippen LogP contribution in [-0.4, -0.2) is 47.5 Å². The van der Waals surface area contributed by atoms with Crippen molar-refractivity contribution in [1.82, 2.24) is 0 Å². The van der Waals surface area contributed by atoms with Crippen molar-refractivity contribution in [3.63, 3.8) is 0 Å². The van der Waals surface area contributed by atoms with Gasteiger partial charge >= 0.3 is 21.6 Å². The van der Waals surface area contributed by atoms with Crippen LogP contribution < -0.4 is 0 Å². The van der Waals surface area contributed by atoms with E-state index in [0.29, 0.717) is 6.42 Å². The fourth-order valence-corrected chi connectivity index (χ4v) is 4.95. The maximum atomic E-state index is 12.9. The Hall–Kier alpha value is -1.59. The van der Waals surface area contributed by atoms with Gasteiger partial charge in [-0.1, -0.05) is 12.2 Å². The molecule has 0 saturated heterocycles. The van der Waals surface area contributed by atoms with E-state index in [1.54, 1.807) is 0 Å². The van der Waals surface area contributed by atoms with E-state index < -0.39 is 39.2 Å². The van der Waals surface area contributed by atoms with Crippen molar-refractivity contribution >= 4 is 16.1 Å². The summed E-state index contributed by atoms with van der Waals surface area (Å²) in [6.45, 7) is -0.112. The first-order chi connectivity index (χ1) is 12.6. The van der Waals surface area contributed by atoms with E-state index in [0.717, 1.165) is 7.11 Å². The second-order valence-corrected chi connectivity index (χ2v) is 8.23. The minimum Gasteiger partial charge on any atom is -0.466 e. The van der Waals surface area contributed by atoms with Crippen LogP contribution in [0.2, 0.25) is 0 Å². The smallest absolute Gasteiger partial charge is 0.466 e. The van der Waals surface area contributed by atoms with Crippen LogP contribution in [0.25, 0.3) is 0 Å². The Balaban J connectivity index is 2.04. The summed E-state index contributed by atoms with van der Waals surface area (Å²) in [5.74, 6) is -3.23. The minimum atomic E-state index is -5.92. The molecule has 3 aliphatic rings. The largest absolute Gasteiger partial charge is 0.534 e. The van der Waals surface area contributed by atoms with Crippen molar-refractivity contribution < 1.29 is 44.8 Å². The number of ether oxygens (including phenoxy) is 3. The van der Waals surface area contributed by atoms with Crippen molar-refractivity contribution in [3.05, 3.63) is 23.5 Å². The average molecular weight is 412 g/mol. The Morgan fingerprint density at radius 3 is 2.48 bits per heavy atom. The van der Waals surface area contributed by atoms with Gasteiger partial charge in [-0.25, -0.2) is 4.79 Å². The van der Waals surface area contributed by atoms with Crippen molar-refractivity contribution in [2.45, 2.75) is 11.9 Å². The predicted octanol–water partition coefficient (Wildman–Crippen LogP) is 1.97. The molecule has 152 valence electrons. The monoisotopic (exact) mass is 412 g/mol. The summed E-state index contributed by atoms with van der Waals surface area (Å²) in [5.41, 5.74) is -5.82. The summed E-state index contributed by atoms with van der Waals surface area (Å²) in [6, 6.07) is 0. The summed E-state index contributed by atoms with van der Waals surface area (Å²) < 4.78 is 81.2. The lowest BCUT2D eigenvalue weighted by Crippen LogP contribution is -2.29.